The van der Waals surface area contributed by atoms with Crippen molar-refractivity contribution in [1.29, 1.82) is 0 Å². The van der Waals surface area contributed by atoms with Gasteiger partial charge in [0.25, 0.3) is 0 Å². The fourth-order valence-corrected chi connectivity index (χ4v) is 3.30. The summed E-state index contributed by atoms with van der Waals surface area (Å²) in [5, 5.41) is 4.04. The van der Waals surface area contributed by atoms with Gasteiger partial charge >= 0.3 is 0 Å². The Labute approximate surface area is 158 Å². The molecule has 2 aromatic carbocycles. The average Bonchev–Trinajstić information content (AvgIpc) is 3.26. The second kappa shape index (κ2) is 6.65. The molecule has 140 valence electrons. The highest BCUT2D eigenvalue weighted by Crippen LogP contribution is 2.36. The number of carbonyl (C=O) groups is 1. The molecule has 2 heterocycles. The lowest BCUT2D eigenvalue weighted by Crippen LogP contribution is -2.37. The normalized spacial score (nSPS) is 13.1. The zero-order valence-corrected chi connectivity index (χ0v) is 15.8. The number of furan rings is 1. The maximum atomic E-state index is 12.5. The van der Waals surface area contributed by atoms with Gasteiger partial charge in [-0.3, -0.25) is 4.79 Å². The molecule has 5 nitrogen and oxygen atoms in total. The topological polar surface area (TPSA) is 60.7 Å². The molecular weight excluding hydrogens is 342 g/mol. The maximum absolute atomic E-state index is 12.5. The van der Waals surface area contributed by atoms with Crippen LogP contribution in [-0.2, 0) is 16.6 Å². The molecule has 1 N–H and O–H groups in total. The van der Waals surface area contributed by atoms with Crippen LogP contribution in [0.1, 0.15) is 30.5 Å². The van der Waals surface area contributed by atoms with Gasteiger partial charge in [0.05, 0.1) is 12.7 Å². The number of rotatable bonds is 5. The molecule has 0 atom stereocenters. The third-order valence-corrected chi connectivity index (χ3v) is 5.04. The fraction of sp³-hybridized carbons (Fsp3) is 0.318. The van der Waals surface area contributed by atoms with Crippen LogP contribution in [-0.4, -0.2) is 19.2 Å². The molecule has 4 rings (SSSR count). The van der Waals surface area contributed by atoms with Crippen LogP contribution < -0.4 is 14.8 Å². The van der Waals surface area contributed by atoms with E-state index < -0.39 is 0 Å². The van der Waals surface area contributed by atoms with Crippen LogP contribution in [0.2, 0.25) is 0 Å². The summed E-state index contributed by atoms with van der Waals surface area (Å²) in [6, 6.07) is 11.9. The number of nitrogens with one attached hydrogen (secondary N) is 1. The van der Waals surface area contributed by atoms with Gasteiger partial charge in [-0.1, -0.05) is 32.0 Å². The highest BCUT2D eigenvalue weighted by molar-refractivity contribution is 5.88. The number of amides is 1. The summed E-state index contributed by atoms with van der Waals surface area (Å²) >= 11 is 0. The first-order chi connectivity index (χ1) is 12.9. The minimum atomic E-state index is -0.230. The molecule has 0 saturated heterocycles. The molecular formula is C22H23NO4. The number of carbonyl (C=O) groups excluding carboxylic acids is 1. The Hall–Kier alpha value is -2.95. The van der Waals surface area contributed by atoms with E-state index >= 15 is 0 Å². The van der Waals surface area contributed by atoms with Crippen molar-refractivity contribution in [2.75, 3.05) is 13.3 Å². The van der Waals surface area contributed by atoms with Crippen LogP contribution in [0.3, 0.4) is 0 Å². The first kappa shape index (κ1) is 17.5. The SMILES string of the molecule is Cc1ccc2c(CC(=O)NCC(C)(C)c3ccc4c(c3)OCO4)coc2c1. The van der Waals surface area contributed by atoms with Crippen molar-refractivity contribution in [3.8, 4) is 11.5 Å². The van der Waals surface area contributed by atoms with Crippen molar-refractivity contribution >= 4 is 16.9 Å². The van der Waals surface area contributed by atoms with E-state index in [4.69, 9.17) is 13.9 Å². The summed E-state index contributed by atoms with van der Waals surface area (Å²) in [6.45, 7) is 7.00. The average molecular weight is 365 g/mol. The molecule has 0 spiro atoms. The van der Waals surface area contributed by atoms with E-state index in [0.717, 1.165) is 39.2 Å². The molecule has 5 heteroatoms. The minimum absolute atomic E-state index is 0.0212. The van der Waals surface area contributed by atoms with E-state index in [1.807, 2.05) is 43.3 Å². The molecule has 1 aliphatic rings. The van der Waals surface area contributed by atoms with Crippen molar-refractivity contribution in [2.24, 2.45) is 0 Å². The predicted molar refractivity (Wildman–Crippen MR) is 103 cm³/mol. The Balaban J connectivity index is 1.42. The number of fused-ring (bicyclic) bond motifs is 2. The van der Waals surface area contributed by atoms with E-state index in [1.54, 1.807) is 6.26 Å². The van der Waals surface area contributed by atoms with Crippen molar-refractivity contribution in [1.82, 2.24) is 5.32 Å². The van der Waals surface area contributed by atoms with Crippen molar-refractivity contribution in [3.05, 3.63) is 59.4 Å². The largest absolute Gasteiger partial charge is 0.464 e. The third-order valence-electron chi connectivity index (χ3n) is 5.04. The van der Waals surface area contributed by atoms with Crippen LogP contribution in [0.25, 0.3) is 11.0 Å². The molecule has 0 bridgehead atoms. The molecule has 1 aromatic heterocycles. The summed E-state index contributed by atoms with van der Waals surface area (Å²) in [5.74, 6) is 1.50. The van der Waals surface area contributed by atoms with Gasteiger partial charge in [-0.25, -0.2) is 0 Å². The molecule has 0 saturated carbocycles. The van der Waals surface area contributed by atoms with E-state index in [0.29, 0.717) is 13.0 Å². The van der Waals surface area contributed by atoms with E-state index in [9.17, 15) is 4.79 Å². The highest BCUT2D eigenvalue weighted by Gasteiger charge is 2.25. The quantitative estimate of drug-likeness (QED) is 0.739. The molecule has 27 heavy (non-hydrogen) atoms. The van der Waals surface area contributed by atoms with E-state index in [1.165, 1.54) is 0 Å². The van der Waals surface area contributed by atoms with Gasteiger partial charge in [0.15, 0.2) is 11.5 Å². The first-order valence-electron chi connectivity index (χ1n) is 9.06. The van der Waals surface area contributed by atoms with Crippen LogP contribution in [0.4, 0.5) is 0 Å². The zero-order valence-electron chi connectivity index (χ0n) is 15.8. The Morgan fingerprint density at radius 1 is 1.11 bits per heavy atom. The number of hydrogen-bond acceptors (Lipinski definition) is 4. The van der Waals surface area contributed by atoms with Gasteiger partial charge in [0.2, 0.25) is 12.7 Å². The van der Waals surface area contributed by atoms with E-state index in [-0.39, 0.29) is 18.1 Å². The summed E-state index contributed by atoms with van der Waals surface area (Å²) < 4.78 is 16.4. The first-order valence-corrected chi connectivity index (χ1v) is 9.06. The van der Waals surface area contributed by atoms with E-state index in [2.05, 4.69) is 19.2 Å². The Morgan fingerprint density at radius 2 is 1.93 bits per heavy atom. The molecule has 0 aliphatic carbocycles. The summed E-state index contributed by atoms with van der Waals surface area (Å²) in [6.07, 6.45) is 1.97. The van der Waals surface area contributed by atoms with Gasteiger partial charge < -0.3 is 19.2 Å². The van der Waals surface area contributed by atoms with Crippen molar-refractivity contribution in [3.63, 3.8) is 0 Å². The predicted octanol–water partition coefficient (Wildman–Crippen LogP) is 4.11. The standard InChI is InChI=1S/C22H23NO4/c1-14-4-6-17-15(11-25-19(17)8-14)9-21(24)23-12-22(2,3)16-5-7-18-20(10-16)27-13-26-18/h4-8,10-11H,9,12-13H2,1-3H3,(H,23,24). The van der Waals surface area contributed by atoms with Crippen LogP contribution >= 0.6 is 0 Å². The summed E-state index contributed by atoms with van der Waals surface area (Å²) in [7, 11) is 0. The lowest BCUT2D eigenvalue weighted by molar-refractivity contribution is -0.120. The minimum Gasteiger partial charge on any atom is -0.464 e. The van der Waals surface area contributed by atoms with Gasteiger partial charge in [0, 0.05) is 22.9 Å². The Bertz CT molecular complexity index is 1000. The van der Waals surface area contributed by atoms with Crippen molar-refractivity contribution in [2.45, 2.75) is 32.6 Å². The zero-order chi connectivity index (χ0) is 19.0. The monoisotopic (exact) mass is 365 g/mol. The number of hydrogen-bond donors (Lipinski definition) is 1. The molecule has 1 aliphatic heterocycles. The lowest BCUT2D eigenvalue weighted by atomic mass is 9.84. The Kier molecular flexibility index (Phi) is 4.30. The second-order valence-corrected chi connectivity index (χ2v) is 7.67. The fourth-order valence-electron chi connectivity index (χ4n) is 3.30. The highest BCUT2D eigenvalue weighted by atomic mass is 16.7. The van der Waals surface area contributed by atoms with Gasteiger partial charge in [-0.2, -0.15) is 0 Å². The van der Waals surface area contributed by atoms with Gasteiger partial charge in [-0.05, 0) is 36.2 Å². The van der Waals surface area contributed by atoms with Crippen molar-refractivity contribution < 1.29 is 18.7 Å². The van der Waals surface area contributed by atoms with Crippen LogP contribution in [0.5, 0.6) is 11.5 Å². The maximum Gasteiger partial charge on any atom is 0.231 e. The smallest absolute Gasteiger partial charge is 0.231 e. The molecule has 1 amide bonds. The van der Waals surface area contributed by atoms with Gasteiger partial charge in [0.1, 0.15) is 5.58 Å². The van der Waals surface area contributed by atoms with Crippen LogP contribution in [0, 0.1) is 6.92 Å². The molecule has 0 radical (unpaired) electrons. The molecule has 0 fully saturated rings. The lowest BCUT2D eigenvalue weighted by Gasteiger charge is -2.26. The molecule has 0 unspecified atom stereocenters. The summed E-state index contributed by atoms with van der Waals surface area (Å²) in [5.41, 5.74) is 3.73. The summed E-state index contributed by atoms with van der Waals surface area (Å²) in [4.78, 5) is 12.5. The number of aryl methyl sites for hydroxylation is 1. The second-order valence-electron chi connectivity index (χ2n) is 7.67. The number of ether oxygens (including phenoxy) is 2. The van der Waals surface area contributed by atoms with Gasteiger partial charge in [-0.15, -0.1) is 0 Å². The molecule has 3 aromatic rings. The number of benzene rings is 2. The Morgan fingerprint density at radius 3 is 2.78 bits per heavy atom. The van der Waals surface area contributed by atoms with Crippen LogP contribution in [0.15, 0.2) is 47.1 Å². The third kappa shape index (κ3) is 3.50.